The van der Waals surface area contributed by atoms with Gasteiger partial charge in [-0.05, 0) is 0 Å². The van der Waals surface area contributed by atoms with E-state index < -0.39 is 23.8 Å². The largest absolute Gasteiger partial charge is 0.540 e. The van der Waals surface area contributed by atoms with Gasteiger partial charge in [-0.15, -0.1) is 11.3 Å². The smallest absolute Gasteiger partial charge is 0.378 e. The van der Waals surface area contributed by atoms with Gasteiger partial charge >= 0.3 is 20.0 Å². The lowest BCUT2D eigenvalue weighted by Crippen LogP contribution is -2.20. The Hall–Kier alpha value is -2.88. The molecule has 0 bridgehead atoms. The van der Waals surface area contributed by atoms with Gasteiger partial charge in [0.1, 0.15) is 5.69 Å². The maximum absolute atomic E-state index is 11.7. The van der Waals surface area contributed by atoms with Gasteiger partial charge in [0.25, 0.3) is 0 Å². The zero-order valence-electron chi connectivity index (χ0n) is 11.6. The molecule has 0 aliphatic rings. The number of nitrogens with two attached hydrogens (primary N) is 1. The number of anilines is 1. The molecule has 2 rings (SSSR count). The van der Waals surface area contributed by atoms with E-state index >= 15 is 0 Å². The van der Waals surface area contributed by atoms with Crippen LogP contribution in [-0.2, 0) is 19.1 Å². The first-order chi connectivity index (χ1) is 11.0. The van der Waals surface area contributed by atoms with E-state index in [0.717, 1.165) is 11.3 Å². The van der Waals surface area contributed by atoms with Crippen LogP contribution in [-0.4, -0.2) is 35.8 Å². The molecule has 0 fully saturated rings. The van der Waals surface area contributed by atoms with E-state index in [1.54, 1.807) is 30.3 Å². The third kappa shape index (κ3) is 4.07. The number of carboxylic acid groups (broad SMARTS) is 1. The van der Waals surface area contributed by atoms with Crippen LogP contribution < -0.4 is 5.73 Å². The lowest BCUT2D eigenvalue weighted by Gasteiger charge is -2.13. The molecule has 10 heteroatoms. The fraction of sp³-hybridized carbons (Fsp3) is 0.0769. The quantitative estimate of drug-likeness (QED) is 0.458. The predicted molar refractivity (Wildman–Crippen MR) is 82.8 cm³/mol. The lowest BCUT2D eigenvalue weighted by atomic mass is 10.1. The van der Waals surface area contributed by atoms with E-state index in [1.165, 1.54) is 5.38 Å². The van der Waals surface area contributed by atoms with Gasteiger partial charge in [-0.25, -0.2) is 14.6 Å². The van der Waals surface area contributed by atoms with Gasteiger partial charge in [0.2, 0.25) is 11.8 Å². The Bertz CT molecular complexity index is 734. The predicted octanol–water partition coefficient (Wildman–Crippen LogP) is 0.899. The summed E-state index contributed by atoms with van der Waals surface area (Å²) in [6, 6.07) is 8.23. The normalized spacial score (nSPS) is 12.4. The average Bonchev–Trinajstić information content (AvgIpc) is 2.97. The van der Waals surface area contributed by atoms with Crippen LogP contribution in [0.1, 0.15) is 17.4 Å². The average molecular weight is 331 g/mol. The van der Waals surface area contributed by atoms with E-state index in [-0.39, 0.29) is 10.8 Å². The molecule has 0 saturated carbocycles. The van der Waals surface area contributed by atoms with Crippen molar-refractivity contribution >= 4 is 42.2 Å². The number of nitrogen functional groups attached to an aromatic ring is 1. The summed E-state index contributed by atoms with van der Waals surface area (Å²) >= 11 is 1.05. The number of hydrogen-bond acceptors (Lipinski definition) is 8. The first-order valence-corrected chi connectivity index (χ1v) is 7.05. The molecule has 116 valence electrons. The van der Waals surface area contributed by atoms with Crippen molar-refractivity contribution in [1.82, 2.24) is 4.98 Å². The molecule has 0 unspecified atom stereocenters. The molecule has 1 aromatic carbocycles. The van der Waals surface area contributed by atoms with Crippen LogP contribution >= 0.6 is 11.3 Å². The highest BCUT2D eigenvalue weighted by Crippen LogP contribution is 2.20. The first-order valence-electron chi connectivity index (χ1n) is 6.17. The Balaban J connectivity index is 2.31. The maximum Gasteiger partial charge on any atom is 0.378 e. The minimum atomic E-state index is -1.39. The van der Waals surface area contributed by atoms with Crippen molar-refractivity contribution in [3.8, 4) is 0 Å². The highest BCUT2D eigenvalue weighted by Gasteiger charge is 2.25. The van der Waals surface area contributed by atoms with Crippen LogP contribution in [0, 0.1) is 0 Å². The van der Waals surface area contributed by atoms with Gasteiger partial charge in [-0.1, -0.05) is 35.5 Å². The molecule has 23 heavy (non-hydrogen) atoms. The maximum atomic E-state index is 11.7. The molecular weight excluding hydrogens is 321 g/mol. The Morgan fingerprint density at radius 2 is 2.04 bits per heavy atom. The van der Waals surface area contributed by atoms with Crippen molar-refractivity contribution in [1.29, 1.82) is 0 Å². The summed E-state index contributed by atoms with van der Waals surface area (Å²) < 4.78 is 4.16. The van der Waals surface area contributed by atoms with Crippen LogP contribution in [0.15, 0.2) is 40.9 Å². The second-order valence-electron chi connectivity index (χ2n) is 4.15. The summed E-state index contributed by atoms with van der Waals surface area (Å²) in [5.74, 6) is -2.31. The molecular formula is C13H10BN3O5S. The first kappa shape index (κ1) is 16.5. The fourth-order valence-electron chi connectivity index (χ4n) is 1.63. The molecule has 0 saturated heterocycles. The number of oxime groups is 1. The number of aliphatic carboxylic acids is 1. The van der Waals surface area contributed by atoms with Gasteiger partial charge in [-0.3, -0.25) is 0 Å². The zero-order chi connectivity index (χ0) is 16.8. The molecule has 1 heterocycles. The van der Waals surface area contributed by atoms with Crippen molar-refractivity contribution in [2.24, 2.45) is 5.16 Å². The minimum Gasteiger partial charge on any atom is -0.540 e. The molecule has 3 N–H and O–H groups in total. The Labute approximate surface area is 136 Å². The lowest BCUT2D eigenvalue weighted by molar-refractivity contribution is -0.148. The van der Waals surface area contributed by atoms with Gasteiger partial charge in [0.05, 0.1) is 0 Å². The standard InChI is InChI=1S/C13H10BN3O5S/c14-21-12(20)10(7-4-2-1-3-5-7)22-17-9(11(18)19)8-6-23-13(15)16-8/h1-6,10H,(H2,15,16)(H,18,19)/t10-/m0/s1. The number of carboxylic acids is 1. The molecule has 8 nitrogen and oxygen atoms in total. The van der Waals surface area contributed by atoms with Crippen LogP contribution in [0.25, 0.3) is 0 Å². The number of aromatic nitrogens is 1. The van der Waals surface area contributed by atoms with Crippen molar-refractivity contribution in [3.05, 3.63) is 47.0 Å². The van der Waals surface area contributed by atoms with Gasteiger partial charge in [0, 0.05) is 10.9 Å². The number of carbonyl (C=O) groups is 2. The number of rotatable bonds is 6. The van der Waals surface area contributed by atoms with Gasteiger partial charge in [0.15, 0.2) is 5.13 Å². The summed E-state index contributed by atoms with van der Waals surface area (Å²) in [6.07, 6.45) is -1.31. The van der Waals surface area contributed by atoms with Crippen molar-refractivity contribution in [2.45, 2.75) is 6.10 Å². The molecule has 0 spiro atoms. The summed E-state index contributed by atoms with van der Waals surface area (Å²) in [4.78, 5) is 31.8. The van der Waals surface area contributed by atoms with E-state index in [0.29, 0.717) is 5.56 Å². The Morgan fingerprint density at radius 1 is 1.35 bits per heavy atom. The molecule has 0 aliphatic heterocycles. The topological polar surface area (TPSA) is 124 Å². The molecule has 1 aromatic heterocycles. The zero-order valence-corrected chi connectivity index (χ0v) is 12.4. The summed E-state index contributed by atoms with van der Waals surface area (Å²) in [5, 5.41) is 14.3. The molecule has 2 aromatic rings. The third-order valence-corrected chi connectivity index (χ3v) is 3.32. The third-order valence-electron chi connectivity index (χ3n) is 2.65. The molecule has 2 radical (unpaired) electrons. The summed E-state index contributed by atoms with van der Waals surface area (Å²) in [5.41, 5.74) is 5.38. The van der Waals surface area contributed by atoms with Crippen molar-refractivity contribution in [2.75, 3.05) is 5.73 Å². The van der Waals surface area contributed by atoms with Crippen molar-refractivity contribution in [3.63, 3.8) is 0 Å². The molecule has 0 amide bonds. The number of hydrogen-bond donors (Lipinski definition) is 2. The number of nitrogens with zero attached hydrogens (tertiary/aromatic N) is 2. The highest BCUT2D eigenvalue weighted by molar-refractivity contribution is 7.13. The molecule has 0 aliphatic carbocycles. The van der Waals surface area contributed by atoms with E-state index in [2.05, 4.69) is 14.8 Å². The number of benzene rings is 1. The summed E-state index contributed by atoms with van der Waals surface area (Å²) in [7, 11) is 4.87. The van der Waals surface area contributed by atoms with Crippen LogP contribution in [0.2, 0.25) is 0 Å². The number of thiazole rings is 1. The Kier molecular flexibility index (Phi) is 5.31. The fourth-order valence-corrected chi connectivity index (χ4v) is 2.17. The van der Waals surface area contributed by atoms with Gasteiger partial charge in [-0.2, -0.15) is 0 Å². The van der Waals surface area contributed by atoms with Crippen LogP contribution in [0.5, 0.6) is 0 Å². The SMILES string of the molecule is [B]OC(=O)[C@@H](ON=C(C(=O)O)c1csc(N)n1)c1ccccc1. The van der Waals surface area contributed by atoms with E-state index in [1.807, 2.05) is 0 Å². The van der Waals surface area contributed by atoms with E-state index in [4.69, 9.17) is 18.6 Å². The monoisotopic (exact) mass is 331 g/mol. The highest BCUT2D eigenvalue weighted by atomic mass is 32.1. The molecule has 1 atom stereocenters. The van der Waals surface area contributed by atoms with Crippen LogP contribution in [0.4, 0.5) is 5.13 Å². The van der Waals surface area contributed by atoms with Crippen LogP contribution in [0.3, 0.4) is 0 Å². The number of carbonyl (C=O) groups excluding carboxylic acids is 1. The second kappa shape index (κ2) is 7.41. The Morgan fingerprint density at radius 3 is 2.57 bits per heavy atom. The second-order valence-corrected chi connectivity index (χ2v) is 5.04. The summed E-state index contributed by atoms with van der Waals surface area (Å²) in [6.45, 7) is 0. The van der Waals surface area contributed by atoms with E-state index in [9.17, 15) is 14.7 Å². The van der Waals surface area contributed by atoms with Gasteiger partial charge < -0.3 is 20.3 Å². The van der Waals surface area contributed by atoms with Crippen molar-refractivity contribution < 1.29 is 24.2 Å². The minimum absolute atomic E-state index is 0.0212.